The van der Waals surface area contributed by atoms with Gasteiger partial charge >= 0.3 is 5.97 Å². The lowest BCUT2D eigenvalue weighted by Crippen LogP contribution is -2.18. The number of carbonyl (C=O) groups excluding carboxylic acids is 1. The van der Waals surface area contributed by atoms with Crippen molar-refractivity contribution in [2.75, 3.05) is 6.61 Å². The number of carbonyl (C=O) groups is 1. The van der Waals surface area contributed by atoms with Gasteiger partial charge in [-0.25, -0.2) is 9.78 Å². The summed E-state index contributed by atoms with van der Waals surface area (Å²) in [6.07, 6.45) is 1.31. The zero-order chi connectivity index (χ0) is 13.3. The Kier molecular flexibility index (Phi) is 3.34. The lowest BCUT2D eigenvalue weighted by atomic mass is 10.2. The van der Waals surface area contributed by atoms with Gasteiger partial charge in [-0.3, -0.25) is 4.79 Å². The van der Waals surface area contributed by atoms with Crippen LogP contribution in [0.2, 0.25) is 5.02 Å². The maximum atomic E-state index is 12.1. The molecule has 0 radical (unpaired) electrons. The lowest BCUT2D eigenvalue weighted by Gasteiger charge is -2.04. The van der Waals surface area contributed by atoms with Gasteiger partial charge in [0.05, 0.1) is 22.7 Å². The third kappa shape index (κ3) is 2.09. The fourth-order valence-corrected chi connectivity index (χ4v) is 1.73. The van der Waals surface area contributed by atoms with Gasteiger partial charge in [0.1, 0.15) is 11.2 Å². The van der Waals surface area contributed by atoms with E-state index in [2.05, 4.69) is 9.97 Å². The Bertz CT molecular complexity index is 679. The Morgan fingerprint density at radius 1 is 1.56 bits per heavy atom. The molecule has 0 amide bonds. The van der Waals surface area contributed by atoms with Crippen molar-refractivity contribution < 1.29 is 9.53 Å². The Morgan fingerprint density at radius 3 is 2.94 bits per heavy atom. The monoisotopic (exact) mass is 266 g/mol. The van der Waals surface area contributed by atoms with Gasteiger partial charge < -0.3 is 9.72 Å². The number of aromatic nitrogens is 2. The average Bonchev–Trinajstić information content (AvgIpc) is 2.32. The van der Waals surface area contributed by atoms with Gasteiger partial charge in [-0.1, -0.05) is 11.6 Å². The molecule has 94 valence electrons. The third-order valence-corrected chi connectivity index (χ3v) is 2.87. The fraction of sp³-hybridized carbons (Fsp3) is 0.250. The highest BCUT2D eigenvalue weighted by Gasteiger charge is 2.15. The molecule has 0 aliphatic carbocycles. The number of hydrogen-bond acceptors (Lipinski definition) is 4. The minimum Gasteiger partial charge on any atom is -0.462 e. The van der Waals surface area contributed by atoms with Gasteiger partial charge in [-0.2, -0.15) is 0 Å². The molecule has 18 heavy (non-hydrogen) atoms. The van der Waals surface area contributed by atoms with Crippen molar-refractivity contribution in [1.29, 1.82) is 0 Å². The molecule has 2 rings (SSSR count). The minimum atomic E-state index is -0.655. The highest BCUT2D eigenvalue weighted by atomic mass is 35.5. The summed E-state index contributed by atoms with van der Waals surface area (Å²) in [7, 11) is 0. The number of pyridine rings is 2. The van der Waals surface area contributed by atoms with Gasteiger partial charge in [-0.15, -0.1) is 0 Å². The van der Waals surface area contributed by atoms with Crippen molar-refractivity contribution in [1.82, 2.24) is 9.97 Å². The van der Waals surface area contributed by atoms with Crippen molar-refractivity contribution in [2.45, 2.75) is 13.8 Å². The van der Waals surface area contributed by atoms with E-state index in [1.54, 1.807) is 13.8 Å². The van der Waals surface area contributed by atoms with Gasteiger partial charge in [-0.05, 0) is 19.9 Å². The SMILES string of the molecule is CCOC(=O)c1c[nH]c2nc(C)c(Cl)cc2c1=O. The molecule has 0 spiro atoms. The van der Waals surface area contributed by atoms with Gasteiger partial charge in [0.2, 0.25) is 5.43 Å². The molecular formula is C12H11ClN2O3. The zero-order valence-electron chi connectivity index (χ0n) is 9.91. The topological polar surface area (TPSA) is 72.1 Å². The second-order valence-electron chi connectivity index (χ2n) is 3.70. The van der Waals surface area contributed by atoms with E-state index in [0.717, 1.165) is 0 Å². The molecule has 0 aliphatic heterocycles. The number of aryl methyl sites for hydroxylation is 1. The van der Waals surface area contributed by atoms with E-state index in [4.69, 9.17) is 16.3 Å². The number of H-pyrrole nitrogens is 1. The number of ether oxygens (including phenoxy) is 1. The van der Waals surface area contributed by atoms with Crippen LogP contribution < -0.4 is 5.43 Å². The van der Waals surface area contributed by atoms with Crippen LogP contribution in [0.1, 0.15) is 23.0 Å². The molecular weight excluding hydrogens is 256 g/mol. The second-order valence-corrected chi connectivity index (χ2v) is 4.11. The number of nitrogens with zero attached hydrogens (tertiary/aromatic N) is 1. The van der Waals surface area contributed by atoms with Crippen LogP contribution in [0.25, 0.3) is 11.0 Å². The summed E-state index contributed by atoms with van der Waals surface area (Å²) in [5, 5.41) is 0.658. The van der Waals surface area contributed by atoms with Crippen LogP contribution in [0.3, 0.4) is 0 Å². The van der Waals surface area contributed by atoms with E-state index < -0.39 is 11.4 Å². The van der Waals surface area contributed by atoms with Crippen molar-refractivity contribution >= 4 is 28.6 Å². The number of aromatic amines is 1. The van der Waals surface area contributed by atoms with Crippen molar-refractivity contribution in [3.05, 3.63) is 38.8 Å². The smallest absolute Gasteiger partial charge is 0.343 e. The average molecular weight is 267 g/mol. The van der Waals surface area contributed by atoms with Crippen molar-refractivity contribution in [3.63, 3.8) is 0 Å². The zero-order valence-corrected chi connectivity index (χ0v) is 10.7. The molecule has 2 aromatic rings. The molecule has 0 saturated heterocycles. The van der Waals surface area contributed by atoms with Crippen LogP contribution in [0.5, 0.6) is 0 Å². The molecule has 6 heteroatoms. The number of hydrogen-bond donors (Lipinski definition) is 1. The fourth-order valence-electron chi connectivity index (χ4n) is 1.58. The normalized spacial score (nSPS) is 10.6. The highest BCUT2D eigenvalue weighted by Crippen LogP contribution is 2.17. The maximum absolute atomic E-state index is 12.1. The number of rotatable bonds is 2. The number of nitrogens with one attached hydrogen (secondary N) is 1. The van der Waals surface area contributed by atoms with Gasteiger partial charge in [0.15, 0.2) is 0 Å². The molecule has 0 saturated carbocycles. The quantitative estimate of drug-likeness (QED) is 0.845. The summed E-state index contributed by atoms with van der Waals surface area (Å²) in [5.41, 5.74) is 0.529. The first-order valence-corrected chi connectivity index (χ1v) is 5.78. The first kappa shape index (κ1) is 12.6. The van der Waals surface area contributed by atoms with E-state index in [1.807, 2.05) is 0 Å². The van der Waals surface area contributed by atoms with Crippen LogP contribution in [-0.4, -0.2) is 22.5 Å². The predicted octanol–water partition coefficient (Wildman–Crippen LogP) is 2.06. The summed E-state index contributed by atoms with van der Waals surface area (Å²) < 4.78 is 4.80. The molecule has 2 aromatic heterocycles. The molecule has 5 nitrogen and oxygen atoms in total. The second kappa shape index (κ2) is 4.78. The predicted molar refractivity (Wildman–Crippen MR) is 68.1 cm³/mol. The Balaban J connectivity index is 2.68. The van der Waals surface area contributed by atoms with Crippen molar-refractivity contribution in [3.8, 4) is 0 Å². The molecule has 0 bridgehead atoms. The first-order chi connectivity index (χ1) is 8.54. The molecule has 0 unspecified atom stereocenters. The van der Waals surface area contributed by atoms with E-state index >= 15 is 0 Å². The summed E-state index contributed by atoms with van der Waals surface area (Å²) in [5.74, 6) is -0.655. The molecule has 0 fully saturated rings. The van der Waals surface area contributed by atoms with E-state index in [1.165, 1.54) is 12.3 Å². The summed E-state index contributed by atoms with van der Waals surface area (Å²) >= 11 is 5.92. The molecule has 0 atom stereocenters. The minimum absolute atomic E-state index is 0.0499. The Morgan fingerprint density at radius 2 is 2.28 bits per heavy atom. The molecule has 1 N–H and O–H groups in total. The van der Waals surface area contributed by atoms with E-state index in [0.29, 0.717) is 16.4 Å². The van der Waals surface area contributed by atoms with Crippen molar-refractivity contribution in [2.24, 2.45) is 0 Å². The summed E-state index contributed by atoms with van der Waals surface area (Å²) in [4.78, 5) is 30.6. The number of fused-ring (bicyclic) bond motifs is 1. The van der Waals surface area contributed by atoms with Gasteiger partial charge in [0.25, 0.3) is 0 Å². The first-order valence-electron chi connectivity index (χ1n) is 5.40. The number of esters is 1. The largest absolute Gasteiger partial charge is 0.462 e. The summed E-state index contributed by atoms with van der Waals surface area (Å²) in [6, 6.07) is 1.50. The van der Waals surface area contributed by atoms with E-state index in [9.17, 15) is 9.59 Å². The highest BCUT2D eigenvalue weighted by molar-refractivity contribution is 6.31. The van der Waals surface area contributed by atoms with Crippen LogP contribution in [0.4, 0.5) is 0 Å². The third-order valence-electron chi connectivity index (χ3n) is 2.49. The Labute approximate surface area is 108 Å². The molecule has 0 aliphatic rings. The number of halogens is 1. The summed E-state index contributed by atoms with van der Waals surface area (Å²) in [6.45, 7) is 3.62. The lowest BCUT2D eigenvalue weighted by molar-refractivity contribution is 0.0524. The Hall–Kier alpha value is -1.88. The standard InChI is InChI=1S/C12H11ClN2O3/c1-3-18-12(17)8-5-14-11-7(10(8)16)4-9(13)6(2)15-11/h4-5H,3H2,1-2H3,(H,14,15,16). The van der Waals surface area contributed by atoms with E-state index in [-0.39, 0.29) is 17.6 Å². The van der Waals surface area contributed by atoms with Crippen LogP contribution in [-0.2, 0) is 4.74 Å². The van der Waals surface area contributed by atoms with Crippen LogP contribution >= 0.6 is 11.6 Å². The van der Waals surface area contributed by atoms with Crippen LogP contribution in [0, 0.1) is 6.92 Å². The van der Waals surface area contributed by atoms with Gasteiger partial charge in [0, 0.05) is 6.20 Å². The molecule has 2 heterocycles. The molecule has 0 aromatic carbocycles. The maximum Gasteiger partial charge on any atom is 0.343 e. The van der Waals surface area contributed by atoms with Crippen LogP contribution in [0.15, 0.2) is 17.1 Å².